The molecular weight excluding hydrogens is 487 g/mol. The van der Waals surface area contributed by atoms with Gasteiger partial charge in [-0.3, -0.25) is 4.79 Å². The number of ketones is 1. The molecule has 1 rings (SSSR count). The van der Waals surface area contributed by atoms with Gasteiger partial charge in [-0.1, -0.05) is 58.4 Å². The maximum Gasteiger partial charge on any atom is 0.186 e. The lowest BCUT2D eigenvalue weighted by atomic mass is 9.90. The predicted octanol–water partition coefficient (Wildman–Crippen LogP) is 2.28. The van der Waals surface area contributed by atoms with Crippen LogP contribution in [0.2, 0.25) is 0 Å². The summed E-state index contributed by atoms with van der Waals surface area (Å²) in [6.45, 7) is 4.14. The smallest absolute Gasteiger partial charge is 0.186 e. The Balaban J connectivity index is 2.40. The molecule has 1 heterocycles. The van der Waals surface area contributed by atoms with Gasteiger partial charge in [0.15, 0.2) is 6.29 Å². The molecule has 0 spiro atoms. The molecule has 6 N–H and O–H groups in total. The zero-order valence-electron chi connectivity index (χ0n) is 22.2. The second-order valence-corrected chi connectivity index (χ2v) is 10.2. The molecule has 0 bridgehead atoms. The molecule has 0 aromatic rings. The molecule has 0 aromatic carbocycles. The fourth-order valence-corrected chi connectivity index (χ4v) is 4.53. The minimum absolute atomic E-state index is 0.0268. The first-order chi connectivity index (χ1) is 17.6. The summed E-state index contributed by atoms with van der Waals surface area (Å²) in [5.41, 5.74) is 0. The molecule has 1 fully saturated rings. The van der Waals surface area contributed by atoms with Gasteiger partial charge in [0.05, 0.1) is 31.2 Å². The molecule has 0 saturated carbocycles. The lowest BCUT2D eigenvalue weighted by Crippen LogP contribution is -2.59. The highest BCUT2D eigenvalue weighted by molar-refractivity contribution is 5.78. The van der Waals surface area contributed by atoms with Crippen LogP contribution in [0.3, 0.4) is 0 Å². The number of carbonyl (C=O) groups excluding carboxylic acids is 1. The van der Waals surface area contributed by atoms with E-state index in [0.717, 1.165) is 57.8 Å². The van der Waals surface area contributed by atoms with Gasteiger partial charge in [-0.05, 0) is 25.7 Å². The molecule has 0 amide bonds. The van der Waals surface area contributed by atoms with Gasteiger partial charge in [-0.15, -0.1) is 0 Å². The van der Waals surface area contributed by atoms with E-state index in [9.17, 15) is 39.8 Å². The van der Waals surface area contributed by atoms with Gasteiger partial charge in [-0.25, -0.2) is 4.39 Å². The minimum atomic E-state index is -1.59. The summed E-state index contributed by atoms with van der Waals surface area (Å²) in [5, 5.41) is 60.0. The molecule has 0 radical (unpaired) electrons. The number of aliphatic hydroxyl groups is 6. The monoisotopic (exact) mass is 536 g/mol. The van der Waals surface area contributed by atoms with E-state index >= 15 is 0 Å². The van der Waals surface area contributed by atoms with Crippen LogP contribution in [0, 0.1) is 5.92 Å². The van der Waals surface area contributed by atoms with Crippen molar-refractivity contribution in [2.24, 2.45) is 5.92 Å². The molecule has 37 heavy (non-hydrogen) atoms. The number of Topliss-reactive ketones (excluding diaryl/α,β-unsaturated/α-hetero) is 1. The summed E-state index contributed by atoms with van der Waals surface area (Å²) >= 11 is 0. The number of ether oxygens (including phenoxy) is 2. The molecular formula is C27H49FO9. The van der Waals surface area contributed by atoms with Crippen LogP contribution in [-0.2, 0) is 14.3 Å². The van der Waals surface area contributed by atoms with Gasteiger partial charge in [-0.2, -0.15) is 0 Å². The number of halogens is 1. The normalized spacial score (nSPS) is 26.5. The van der Waals surface area contributed by atoms with Gasteiger partial charge in [0, 0.05) is 18.8 Å². The number of unbranched alkanes of at least 4 members (excludes halogenated alkanes) is 8. The first-order valence-electron chi connectivity index (χ1n) is 13.8. The average Bonchev–Trinajstić information content (AvgIpc) is 2.88. The van der Waals surface area contributed by atoms with E-state index in [0.29, 0.717) is 12.8 Å². The molecule has 9 nitrogen and oxygen atoms in total. The standard InChI is InChI=1S/C27H49FO9/c1-3-21(31)23(32)19(17-36-27-26(35)25(34)24(33)22(16-29)37-27)15-20(30)14-12-10-8-6-4-5-7-9-11-13-18(2)28/h19,21-27,29,31-35H,2-17H2,1H3/t19-,21+,22?,23-,24?,25?,26?,27?/m0/s1. The zero-order valence-corrected chi connectivity index (χ0v) is 22.2. The Kier molecular flexibility index (Phi) is 17.6. The summed E-state index contributed by atoms with van der Waals surface area (Å²) in [6, 6.07) is 0. The summed E-state index contributed by atoms with van der Waals surface area (Å²) in [5.74, 6) is -1.08. The van der Waals surface area contributed by atoms with Gasteiger partial charge in [0.2, 0.25) is 0 Å². The van der Waals surface area contributed by atoms with Crippen molar-refractivity contribution in [3.05, 3.63) is 12.4 Å². The number of allylic oxidation sites excluding steroid dienone is 1. The second kappa shape index (κ2) is 19.1. The van der Waals surface area contributed by atoms with Crippen LogP contribution >= 0.6 is 0 Å². The van der Waals surface area contributed by atoms with Crippen LogP contribution < -0.4 is 0 Å². The van der Waals surface area contributed by atoms with Gasteiger partial charge in [0.25, 0.3) is 0 Å². The largest absolute Gasteiger partial charge is 0.394 e. The van der Waals surface area contributed by atoms with Crippen LogP contribution in [-0.4, -0.2) is 92.5 Å². The topological polar surface area (TPSA) is 157 Å². The third-order valence-electron chi connectivity index (χ3n) is 7.01. The molecule has 1 aliphatic rings. The fraction of sp³-hybridized carbons (Fsp3) is 0.889. The van der Waals surface area contributed by atoms with Crippen LogP contribution in [0.15, 0.2) is 12.4 Å². The zero-order chi connectivity index (χ0) is 27.8. The predicted molar refractivity (Wildman–Crippen MR) is 136 cm³/mol. The highest BCUT2D eigenvalue weighted by Gasteiger charge is 2.44. The summed E-state index contributed by atoms with van der Waals surface area (Å²) in [4.78, 5) is 12.6. The van der Waals surface area contributed by atoms with Crippen molar-refractivity contribution in [3.8, 4) is 0 Å². The Hall–Kier alpha value is -0.980. The highest BCUT2D eigenvalue weighted by atomic mass is 19.1. The van der Waals surface area contributed by atoms with Crippen LogP contribution in [0.25, 0.3) is 0 Å². The number of hydrogen-bond acceptors (Lipinski definition) is 9. The maximum atomic E-state index is 12.6. The molecule has 1 saturated heterocycles. The summed E-state index contributed by atoms with van der Waals surface area (Å²) in [6.07, 6.45) is 0.471. The SMILES string of the molecule is C=C(F)CCCCCCCCCCCC(=O)C[C@@H](COC1OC(CO)C(O)C(O)C1O)[C@H](O)[C@H](O)CC. The molecule has 8 atom stereocenters. The Morgan fingerprint density at radius 1 is 0.919 bits per heavy atom. The molecule has 5 unspecified atom stereocenters. The van der Waals surface area contributed by atoms with E-state index in [2.05, 4.69) is 6.58 Å². The highest BCUT2D eigenvalue weighted by Crippen LogP contribution is 2.25. The Morgan fingerprint density at radius 2 is 1.46 bits per heavy atom. The van der Waals surface area contributed by atoms with Crippen molar-refractivity contribution in [2.75, 3.05) is 13.2 Å². The first-order valence-corrected chi connectivity index (χ1v) is 13.8. The minimum Gasteiger partial charge on any atom is -0.394 e. The fourth-order valence-electron chi connectivity index (χ4n) is 4.53. The van der Waals surface area contributed by atoms with E-state index in [-0.39, 0.29) is 31.1 Å². The van der Waals surface area contributed by atoms with E-state index in [1.165, 1.54) is 0 Å². The second-order valence-electron chi connectivity index (χ2n) is 10.2. The Morgan fingerprint density at radius 3 is 1.97 bits per heavy atom. The van der Waals surface area contributed by atoms with Gasteiger partial charge in [0.1, 0.15) is 30.2 Å². The van der Waals surface area contributed by atoms with Crippen LogP contribution in [0.1, 0.15) is 90.4 Å². The van der Waals surface area contributed by atoms with Crippen molar-refractivity contribution in [2.45, 2.75) is 133 Å². The Labute approximate surface area is 220 Å². The quantitative estimate of drug-likeness (QED) is 0.121. The van der Waals surface area contributed by atoms with Gasteiger partial charge >= 0.3 is 0 Å². The first kappa shape index (κ1) is 34.0. The van der Waals surface area contributed by atoms with E-state index in [1.807, 2.05) is 0 Å². The molecule has 0 aliphatic carbocycles. The Bertz CT molecular complexity index is 633. The molecule has 1 aliphatic heterocycles. The third-order valence-corrected chi connectivity index (χ3v) is 7.01. The van der Waals surface area contributed by atoms with E-state index in [1.54, 1.807) is 6.92 Å². The number of aliphatic hydroxyl groups excluding tert-OH is 6. The molecule has 10 heteroatoms. The molecule has 0 aromatic heterocycles. The van der Waals surface area contributed by atoms with Crippen LogP contribution in [0.5, 0.6) is 0 Å². The maximum absolute atomic E-state index is 12.6. The van der Waals surface area contributed by atoms with Crippen molar-refractivity contribution >= 4 is 5.78 Å². The molecule has 218 valence electrons. The average molecular weight is 537 g/mol. The number of carbonyl (C=O) groups is 1. The van der Waals surface area contributed by atoms with Crippen molar-refractivity contribution in [1.29, 1.82) is 0 Å². The third kappa shape index (κ3) is 13.1. The van der Waals surface area contributed by atoms with Crippen LogP contribution in [0.4, 0.5) is 4.39 Å². The van der Waals surface area contributed by atoms with Crippen molar-refractivity contribution < 1.29 is 49.3 Å². The van der Waals surface area contributed by atoms with Crippen molar-refractivity contribution in [1.82, 2.24) is 0 Å². The number of hydrogen-bond donors (Lipinski definition) is 6. The summed E-state index contributed by atoms with van der Waals surface area (Å²) in [7, 11) is 0. The number of rotatable bonds is 21. The summed E-state index contributed by atoms with van der Waals surface area (Å²) < 4.78 is 23.4. The lowest BCUT2D eigenvalue weighted by Gasteiger charge is -2.40. The van der Waals surface area contributed by atoms with E-state index in [4.69, 9.17) is 9.47 Å². The van der Waals surface area contributed by atoms with Crippen molar-refractivity contribution in [3.63, 3.8) is 0 Å². The lowest BCUT2D eigenvalue weighted by molar-refractivity contribution is -0.304. The van der Waals surface area contributed by atoms with E-state index < -0.39 is 55.4 Å². The van der Waals surface area contributed by atoms with Gasteiger partial charge < -0.3 is 40.1 Å².